The number of hydrogen-bond donors (Lipinski definition) is 2. The monoisotopic (exact) mass is 514 g/mol. The molecule has 0 aliphatic carbocycles. The Morgan fingerprint density at radius 2 is 1.50 bits per heavy atom. The second kappa shape index (κ2) is 13.3. The summed E-state index contributed by atoms with van der Waals surface area (Å²) in [6.07, 6.45) is 0.0217. The van der Waals surface area contributed by atoms with Gasteiger partial charge in [-0.25, -0.2) is 29.2 Å². The van der Waals surface area contributed by atoms with E-state index >= 15 is 0 Å². The van der Waals surface area contributed by atoms with E-state index in [-0.39, 0.29) is 37.2 Å². The first-order valence-electron chi connectivity index (χ1n) is 10.9. The summed E-state index contributed by atoms with van der Waals surface area (Å²) in [4.78, 5) is 52.8. The lowest BCUT2D eigenvalue weighted by molar-refractivity contribution is -0.142. The van der Waals surface area contributed by atoms with Crippen molar-refractivity contribution in [2.45, 2.75) is 65.3 Å². The summed E-state index contributed by atoms with van der Waals surface area (Å²) in [6.45, 7) is 10.8. The summed E-state index contributed by atoms with van der Waals surface area (Å²) in [5.41, 5.74) is -1.08. The number of alkyl carbamates (subject to hydrolysis) is 2. The molecule has 0 radical (unpaired) electrons. The topological polar surface area (TPSA) is 177 Å². The maximum absolute atomic E-state index is 11.4. The third kappa shape index (κ3) is 12.0. The van der Waals surface area contributed by atoms with Crippen LogP contribution in [0, 0.1) is 0 Å². The summed E-state index contributed by atoms with van der Waals surface area (Å²) in [5, 5.41) is 4.95. The highest BCUT2D eigenvalue weighted by Gasteiger charge is 2.27. The molecule has 0 aromatic carbocycles. The standard InChI is InChI=1S/C11H18N2O5.C11H16N2O5/c2*1-11(2,3)18-10(15)12-5-8-13-7(6-17-8)9(14)16-4/h7H,5-6H2,1-4H3,(H,12,15);6H,5H2,1-4H3,(H,12,15). The molecule has 202 valence electrons. The number of aromatic nitrogens is 1. The molecule has 1 unspecified atom stereocenters. The third-order valence-corrected chi connectivity index (χ3v) is 3.69. The van der Waals surface area contributed by atoms with Gasteiger partial charge in [-0.05, 0) is 41.5 Å². The molecule has 2 heterocycles. The average Bonchev–Trinajstić information content (AvgIpc) is 3.43. The lowest BCUT2D eigenvalue weighted by atomic mass is 10.2. The van der Waals surface area contributed by atoms with Gasteiger partial charge in [-0.1, -0.05) is 0 Å². The fourth-order valence-corrected chi connectivity index (χ4v) is 2.29. The fourth-order valence-electron chi connectivity index (χ4n) is 2.29. The van der Waals surface area contributed by atoms with Crippen LogP contribution in [0.2, 0.25) is 0 Å². The van der Waals surface area contributed by atoms with E-state index in [9.17, 15) is 19.2 Å². The predicted molar refractivity (Wildman–Crippen MR) is 124 cm³/mol. The Morgan fingerprint density at radius 1 is 0.944 bits per heavy atom. The van der Waals surface area contributed by atoms with Crippen molar-refractivity contribution in [2.75, 3.05) is 27.4 Å². The van der Waals surface area contributed by atoms with E-state index in [0.29, 0.717) is 0 Å². The highest BCUT2D eigenvalue weighted by molar-refractivity contribution is 5.88. The number of carbonyl (C=O) groups is 4. The Bertz CT molecular complexity index is 943. The van der Waals surface area contributed by atoms with Gasteiger partial charge >= 0.3 is 24.1 Å². The number of hydrogen-bond acceptors (Lipinski definition) is 12. The number of rotatable bonds is 6. The van der Waals surface area contributed by atoms with Crippen LogP contribution in [0.1, 0.15) is 57.9 Å². The molecular weight excluding hydrogens is 480 g/mol. The summed E-state index contributed by atoms with van der Waals surface area (Å²) in [6, 6.07) is -0.648. The van der Waals surface area contributed by atoms with Crippen LogP contribution in [0.15, 0.2) is 15.7 Å². The molecule has 14 heteroatoms. The van der Waals surface area contributed by atoms with Crippen LogP contribution >= 0.6 is 0 Å². The molecule has 0 spiro atoms. The van der Waals surface area contributed by atoms with Gasteiger partial charge in [-0.3, -0.25) is 0 Å². The number of nitrogens with zero attached hydrogens (tertiary/aromatic N) is 2. The molecular formula is C22H34N4O10. The summed E-state index contributed by atoms with van der Waals surface area (Å²) in [5.74, 6) is -0.568. The minimum Gasteiger partial charge on any atom is -0.477 e. The Morgan fingerprint density at radius 3 is 2.00 bits per heavy atom. The zero-order valence-corrected chi connectivity index (χ0v) is 21.8. The molecule has 1 aromatic heterocycles. The molecule has 14 nitrogen and oxygen atoms in total. The maximum atomic E-state index is 11.4. The quantitative estimate of drug-likeness (QED) is 0.419. The Balaban J connectivity index is 0.000000360. The van der Waals surface area contributed by atoms with Gasteiger partial charge < -0.3 is 38.7 Å². The summed E-state index contributed by atoms with van der Waals surface area (Å²) < 4.78 is 29.2. The minimum absolute atomic E-state index is 0.0336. The summed E-state index contributed by atoms with van der Waals surface area (Å²) >= 11 is 0. The second-order valence-electron chi connectivity index (χ2n) is 9.20. The number of carbonyl (C=O) groups excluding carboxylic acids is 4. The van der Waals surface area contributed by atoms with Crippen molar-refractivity contribution in [2.24, 2.45) is 4.99 Å². The molecule has 1 aliphatic rings. The number of oxazole rings is 1. The van der Waals surface area contributed by atoms with Crippen molar-refractivity contribution in [1.82, 2.24) is 15.6 Å². The summed E-state index contributed by atoms with van der Waals surface area (Å²) in [7, 11) is 2.53. The molecule has 2 rings (SSSR count). The molecule has 2 N–H and O–H groups in total. The average molecular weight is 515 g/mol. The SMILES string of the molecule is COC(=O)C1COC(CNC(=O)OC(C)(C)C)=N1.COC(=O)c1coc(CNC(=O)OC(C)(C)C)n1. The van der Waals surface area contributed by atoms with Crippen LogP contribution in [0.3, 0.4) is 0 Å². The van der Waals surface area contributed by atoms with Crippen LogP contribution in [0.5, 0.6) is 0 Å². The number of nitrogens with one attached hydrogen (secondary N) is 2. The smallest absolute Gasteiger partial charge is 0.408 e. The minimum atomic E-state index is -0.648. The van der Waals surface area contributed by atoms with Gasteiger partial charge in [-0.15, -0.1) is 0 Å². The number of esters is 2. The number of ether oxygens (including phenoxy) is 5. The van der Waals surface area contributed by atoms with Crippen LogP contribution < -0.4 is 10.6 Å². The van der Waals surface area contributed by atoms with Crippen LogP contribution in [0.4, 0.5) is 9.59 Å². The largest absolute Gasteiger partial charge is 0.477 e. The first-order valence-corrected chi connectivity index (χ1v) is 10.9. The van der Waals surface area contributed by atoms with E-state index in [1.165, 1.54) is 14.2 Å². The lowest BCUT2D eigenvalue weighted by Crippen LogP contribution is -2.35. The lowest BCUT2D eigenvalue weighted by Gasteiger charge is -2.19. The molecule has 36 heavy (non-hydrogen) atoms. The first kappa shape index (κ1) is 30.2. The van der Waals surface area contributed by atoms with Crippen molar-refractivity contribution < 1.29 is 47.3 Å². The molecule has 2 amide bonds. The van der Waals surface area contributed by atoms with Crippen LogP contribution in [-0.4, -0.2) is 79.6 Å². The molecule has 0 fully saturated rings. The Labute approximate surface area is 209 Å². The van der Waals surface area contributed by atoms with Crippen molar-refractivity contribution in [3.8, 4) is 0 Å². The molecule has 0 bridgehead atoms. The first-order chi connectivity index (χ1) is 16.6. The van der Waals surface area contributed by atoms with Gasteiger partial charge in [0.2, 0.25) is 11.8 Å². The zero-order chi connectivity index (χ0) is 27.5. The van der Waals surface area contributed by atoms with Crippen LogP contribution in [0.25, 0.3) is 0 Å². The number of amides is 2. The molecule has 0 saturated heterocycles. The van der Waals surface area contributed by atoms with Crippen molar-refractivity contribution in [3.05, 3.63) is 17.8 Å². The molecule has 1 aromatic rings. The third-order valence-electron chi connectivity index (χ3n) is 3.69. The van der Waals surface area contributed by atoms with E-state index in [1.807, 2.05) is 0 Å². The fraction of sp³-hybridized carbons (Fsp3) is 0.636. The number of methoxy groups -OCH3 is 2. The molecule has 1 aliphatic heterocycles. The van der Waals surface area contributed by atoms with Crippen molar-refractivity contribution in [3.63, 3.8) is 0 Å². The van der Waals surface area contributed by atoms with E-state index in [4.69, 9.17) is 18.6 Å². The molecule has 0 saturated carbocycles. The highest BCUT2D eigenvalue weighted by Crippen LogP contribution is 2.09. The Kier molecular flexibility index (Phi) is 11.2. The van der Waals surface area contributed by atoms with E-state index in [1.54, 1.807) is 41.5 Å². The van der Waals surface area contributed by atoms with Crippen LogP contribution in [-0.2, 0) is 35.0 Å². The zero-order valence-electron chi connectivity index (χ0n) is 21.8. The second-order valence-corrected chi connectivity index (χ2v) is 9.20. The van der Waals surface area contributed by atoms with Gasteiger partial charge in [0.1, 0.15) is 24.1 Å². The van der Waals surface area contributed by atoms with Crippen molar-refractivity contribution in [1.29, 1.82) is 0 Å². The Hall–Kier alpha value is -3.84. The van der Waals surface area contributed by atoms with Gasteiger partial charge in [0.25, 0.3) is 0 Å². The van der Waals surface area contributed by atoms with E-state index in [2.05, 4.69) is 30.1 Å². The normalized spacial score (nSPS) is 14.8. The predicted octanol–water partition coefficient (Wildman–Crippen LogP) is 1.97. The maximum Gasteiger partial charge on any atom is 0.408 e. The van der Waals surface area contributed by atoms with Gasteiger partial charge in [0.05, 0.1) is 27.3 Å². The molecule has 1 atom stereocenters. The van der Waals surface area contributed by atoms with Gasteiger partial charge in [0.15, 0.2) is 11.7 Å². The van der Waals surface area contributed by atoms with Crippen molar-refractivity contribution >= 4 is 30.0 Å². The van der Waals surface area contributed by atoms with Gasteiger partial charge in [-0.2, -0.15) is 0 Å². The highest BCUT2D eigenvalue weighted by atomic mass is 16.6. The van der Waals surface area contributed by atoms with E-state index < -0.39 is 41.4 Å². The van der Waals surface area contributed by atoms with E-state index in [0.717, 1.165) is 6.26 Å². The number of aliphatic imine (C=N–C) groups is 1. The van der Waals surface area contributed by atoms with Gasteiger partial charge in [0, 0.05) is 0 Å².